The van der Waals surface area contributed by atoms with Crippen molar-refractivity contribution >= 4 is 17.3 Å². The predicted molar refractivity (Wildman–Crippen MR) is 142 cm³/mol. The normalized spacial score (nSPS) is 17.9. The summed E-state index contributed by atoms with van der Waals surface area (Å²) in [6, 6.07) is 24.0. The molecule has 3 aromatic carbocycles. The van der Waals surface area contributed by atoms with E-state index in [1.807, 2.05) is 98.5 Å². The van der Waals surface area contributed by atoms with Crippen LogP contribution in [0.2, 0.25) is 0 Å². The van der Waals surface area contributed by atoms with Gasteiger partial charge in [-0.3, -0.25) is 9.69 Å². The fraction of sp³-hybridized carbons (Fsp3) is 0.323. The van der Waals surface area contributed by atoms with Crippen molar-refractivity contribution in [2.24, 2.45) is 5.41 Å². The van der Waals surface area contributed by atoms with Crippen LogP contribution in [0.5, 0.6) is 5.75 Å². The van der Waals surface area contributed by atoms with E-state index in [0.29, 0.717) is 6.61 Å². The van der Waals surface area contributed by atoms with E-state index in [1.165, 1.54) is 0 Å². The number of nitrogens with zero attached hydrogens (tertiary/aromatic N) is 1. The number of fused-ring (bicyclic) bond motifs is 1. The van der Waals surface area contributed by atoms with Crippen molar-refractivity contribution in [2.75, 3.05) is 12.0 Å². The molecule has 35 heavy (non-hydrogen) atoms. The predicted octanol–water partition coefficient (Wildman–Crippen LogP) is 7.30. The number of hydrogen-bond donors (Lipinski definition) is 0. The summed E-state index contributed by atoms with van der Waals surface area (Å²) in [4.78, 5) is 16.1. The maximum Gasteiger partial charge on any atom is 0.242 e. The quantitative estimate of drug-likeness (QED) is 0.325. The lowest BCUT2D eigenvalue weighted by Crippen LogP contribution is -2.46. The van der Waals surface area contributed by atoms with E-state index in [-0.39, 0.29) is 5.91 Å². The lowest BCUT2D eigenvalue weighted by molar-refractivity contribution is -0.124. The van der Waals surface area contributed by atoms with E-state index in [0.717, 1.165) is 33.8 Å². The number of para-hydroxylation sites is 1. The molecule has 3 aromatic rings. The first-order chi connectivity index (χ1) is 16.6. The summed E-state index contributed by atoms with van der Waals surface area (Å²) in [6.45, 7) is 14.7. The standard InChI is InChI=1S/C31H35NO3/c1-8-29(2,3)31(6)24-16-12-13-17-26(24)32(28(31)33)27-19-18-23(20-25(27)30(4,5)34-7)35-21-22-14-10-9-11-15-22/h8-20H,1,21H2,2-7H3/t31-/m0/s1. The molecule has 4 rings (SSSR count). The molecule has 0 unspecified atom stereocenters. The van der Waals surface area contributed by atoms with E-state index in [9.17, 15) is 4.79 Å². The summed E-state index contributed by atoms with van der Waals surface area (Å²) in [5, 5.41) is 0. The highest BCUT2D eigenvalue weighted by atomic mass is 16.5. The highest BCUT2D eigenvalue weighted by molar-refractivity contribution is 6.14. The Labute approximate surface area is 209 Å². The van der Waals surface area contributed by atoms with Gasteiger partial charge in [-0.25, -0.2) is 0 Å². The Balaban J connectivity index is 1.83. The SMILES string of the molecule is C=CC(C)(C)[C@]1(C)C(=O)N(c2ccc(OCc3ccccc3)cc2C(C)(C)OC)c2ccccc21. The molecule has 0 bridgehead atoms. The van der Waals surface area contributed by atoms with E-state index in [4.69, 9.17) is 9.47 Å². The number of methoxy groups -OCH3 is 1. The number of allylic oxidation sites excluding steroid dienone is 1. The average Bonchev–Trinajstić information content (AvgIpc) is 3.11. The molecule has 1 aliphatic rings. The van der Waals surface area contributed by atoms with Crippen molar-refractivity contribution < 1.29 is 14.3 Å². The zero-order valence-corrected chi connectivity index (χ0v) is 21.6. The Morgan fingerprint density at radius 1 is 0.943 bits per heavy atom. The van der Waals surface area contributed by atoms with Crippen molar-refractivity contribution in [3.05, 3.63) is 102 Å². The Hall–Kier alpha value is -3.37. The maximum atomic E-state index is 14.3. The fourth-order valence-electron chi connectivity index (χ4n) is 4.74. The number of ether oxygens (including phenoxy) is 2. The van der Waals surface area contributed by atoms with Gasteiger partial charge in [0, 0.05) is 18.1 Å². The molecule has 0 fully saturated rings. The highest BCUT2D eigenvalue weighted by Crippen LogP contribution is 2.55. The van der Waals surface area contributed by atoms with Gasteiger partial charge in [-0.1, -0.05) is 68.5 Å². The number of benzene rings is 3. The molecule has 0 spiro atoms. The number of carbonyl (C=O) groups excluding carboxylic acids is 1. The van der Waals surface area contributed by atoms with Crippen molar-refractivity contribution in [2.45, 2.75) is 52.2 Å². The van der Waals surface area contributed by atoms with Crippen LogP contribution in [0, 0.1) is 5.41 Å². The lowest BCUT2D eigenvalue weighted by atomic mass is 9.63. The van der Waals surface area contributed by atoms with Crippen LogP contribution in [0.3, 0.4) is 0 Å². The van der Waals surface area contributed by atoms with Gasteiger partial charge in [-0.15, -0.1) is 6.58 Å². The molecule has 1 atom stereocenters. The Bertz CT molecular complexity index is 1250. The van der Waals surface area contributed by atoms with Gasteiger partial charge in [0.25, 0.3) is 0 Å². The highest BCUT2D eigenvalue weighted by Gasteiger charge is 2.55. The van der Waals surface area contributed by atoms with Gasteiger partial charge in [-0.2, -0.15) is 0 Å². The number of rotatable bonds is 8. The molecule has 0 aliphatic carbocycles. The third-order valence-electron chi connectivity index (χ3n) is 7.73. The molecule has 182 valence electrons. The van der Waals surface area contributed by atoms with Crippen molar-refractivity contribution in [1.82, 2.24) is 0 Å². The molecule has 0 N–H and O–H groups in total. The van der Waals surface area contributed by atoms with Crippen LogP contribution in [-0.2, 0) is 27.2 Å². The smallest absolute Gasteiger partial charge is 0.242 e. The molecule has 0 radical (unpaired) electrons. The van der Waals surface area contributed by atoms with Crippen molar-refractivity contribution in [3.8, 4) is 5.75 Å². The zero-order valence-electron chi connectivity index (χ0n) is 21.6. The number of amides is 1. The summed E-state index contributed by atoms with van der Waals surface area (Å²) in [7, 11) is 1.69. The van der Waals surface area contributed by atoms with Gasteiger partial charge in [-0.05, 0) is 56.2 Å². The summed E-state index contributed by atoms with van der Waals surface area (Å²) >= 11 is 0. The fourth-order valence-corrected chi connectivity index (χ4v) is 4.74. The zero-order chi connectivity index (χ0) is 25.4. The summed E-state index contributed by atoms with van der Waals surface area (Å²) in [5.41, 5.74) is 2.80. The molecule has 1 amide bonds. The summed E-state index contributed by atoms with van der Waals surface area (Å²) < 4.78 is 12.0. The summed E-state index contributed by atoms with van der Waals surface area (Å²) in [6.07, 6.45) is 1.88. The van der Waals surface area contributed by atoms with Crippen LogP contribution in [0.1, 0.15) is 51.3 Å². The number of anilines is 2. The second-order valence-electron chi connectivity index (χ2n) is 10.4. The third-order valence-corrected chi connectivity index (χ3v) is 7.73. The van der Waals surface area contributed by atoms with Gasteiger partial charge in [0.15, 0.2) is 0 Å². The average molecular weight is 470 g/mol. The second-order valence-corrected chi connectivity index (χ2v) is 10.4. The van der Waals surface area contributed by atoms with Gasteiger partial charge in [0.2, 0.25) is 5.91 Å². The van der Waals surface area contributed by atoms with Gasteiger partial charge in [0.1, 0.15) is 12.4 Å². The van der Waals surface area contributed by atoms with Crippen molar-refractivity contribution in [1.29, 1.82) is 0 Å². The Kier molecular flexibility index (Phi) is 6.37. The molecule has 1 heterocycles. The largest absolute Gasteiger partial charge is 0.489 e. The first kappa shape index (κ1) is 24.7. The maximum absolute atomic E-state index is 14.3. The first-order valence-corrected chi connectivity index (χ1v) is 12.0. The van der Waals surface area contributed by atoms with Crippen LogP contribution in [0.4, 0.5) is 11.4 Å². The van der Waals surface area contributed by atoms with Gasteiger partial charge < -0.3 is 9.47 Å². The molecular weight excluding hydrogens is 434 g/mol. The molecule has 4 heteroatoms. The van der Waals surface area contributed by atoms with Crippen LogP contribution in [0.25, 0.3) is 0 Å². The summed E-state index contributed by atoms with van der Waals surface area (Å²) in [5.74, 6) is 0.751. The second kappa shape index (κ2) is 9.01. The molecule has 0 saturated carbocycles. The van der Waals surface area contributed by atoms with Gasteiger partial charge in [0.05, 0.1) is 22.4 Å². The van der Waals surface area contributed by atoms with Crippen LogP contribution < -0.4 is 9.64 Å². The number of carbonyl (C=O) groups is 1. The van der Waals surface area contributed by atoms with Crippen LogP contribution in [-0.4, -0.2) is 13.0 Å². The van der Waals surface area contributed by atoms with Crippen molar-refractivity contribution in [3.63, 3.8) is 0 Å². The van der Waals surface area contributed by atoms with Gasteiger partial charge >= 0.3 is 0 Å². The Morgan fingerprint density at radius 3 is 2.26 bits per heavy atom. The monoisotopic (exact) mass is 469 g/mol. The molecule has 1 aliphatic heterocycles. The minimum atomic E-state index is -0.762. The van der Waals surface area contributed by atoms with E-state index >= 15 is 0 Å². The molecule has 0 aromatic heterocycles. The molecule has 0 saturated heterocycles. The Morgan fingerprint density at radius 2 is 1.60 bits per heavy atom. The van der Waals surface area contributed by atoms with Crippen LogP contribution in [0.15, 0.2) is 85.5 Å². The topological polar surface area (TPSA) is 38.8 Å². The molecule has 4 nitrogen and oxygen atoms in total. The first-order valence-electron chi connectivity index (χ1n) is 12.0. The van der Waals surface area contributed by atoms with E-state index in [1.54, 1.807) is 7.11 Å². The minimum absolute atomic E-state index is 0.0229. The third kappa shape index (κ3) is 4.06. The van der Waals surface area contributed by atoms with Crippen LogP contribution >= 0.6 is 0 Å². The lowest BCUT2D eigenvalue weighted by Gasteiger charge is -2.38. The van der Waals surface area contributed by atoms with E-state index < -0.39 is 16.4 Å². The van der Waals surface area contributed by atoms with E-state index in [2.05, 4.69) is 26.5 Å². The number of hydrogen-bond acceptors (Lipinski definition) is 3. The molecular formula is C31H35NO3. The minimum Gasteiger partial charge on any atom is -0.489 e.